The van der Waals surface area contributed by atoms with Crippen molar-refractivity contribution in [3.05, 3.63) is 42.0 Å². The second-order valence-corrected chi connectivity index (χ2v) is 15.6. The number of aryl methyl sites for hydroxylation is 1. The Morgan fingerprint density at radius 1 is 0.854 bits per heavy atom. The molecule has 1 unspecified atom stereocenters. The first-order chi connectivity index (χ1) is 19.5. The maximum absolute atomic E-state index is 4.04. The molecule has 1 aliphatic carbocycles. The van der Waals surface area contributed by atoms with E-state index in [0.29, 0.717) is 0 Å². The molecule has 1 nitrogen and oxygen atoms in total. The van der Waals surface area contributed by atoms with Crippen LogP contribution in [0.25, 0.3) is 0 Å². The summed E-state index contributed by atoms with van der Waals surface area (Å²) in [5.41, 5.74) is 2.54. The van der Waals surface area contributed by atoms with E-state index in [2.05, 4.69) is 95.3 Å². The van der Waals surface area contributed by atoms with Crippen molar-refractivity contribution in [2.24, 2.45) is 11.8 Å². The zero-order valence-corrected chi connectivity index (χ0v) is 30.6. The molecule has 2 fully saturated rings. The first-order valence-electron chi connectivity index (χ1n) is 17.4. The summed E-state index contributed by atoms with van der Waals surface area (Å²) in [6, 6.07) is 9.35. The molecular formula is C39H75NS. The maximum Gasteiger partial charge on any atom is 0.00950 e. The second-order valence-electron chi connectivity index (χ2n) is 12.5. The van der Waals surface area contributed by atoms with Gasteiger partial charge in [0.1, 0.15) is 0 Å². The van der Waals surface area contributed by atoms with Gasteiger partial charge in [0.05, 0.1) is 0 Å². The monoisotopic (exact) mass is 590 g/mol. The third kappa shape index (κ3) is 24.2. The van der Waals surface area contributed by atoms with Crippen molar-refractivity contribution in [1.29, 1.82) is 0 Å². The van der Waals surface area contributed by atoms with Crippen LogP contribution in [0.15, 0.2) is 41.3 Å². The predicted octanol–water partition coefficient (Wildman–Crippen LogP) is 12.7. The predicted molar refractivity (Wildman–Crippen MR) is 199 cm³/mol. The van der Waals surface area contributed by atoms with Gasteiger partial charge in [-0.3, -0.25) is 0 Å². The third-order valence-corrected chi connectivity index (χ3v) is 9.44. The molecule has 1 saturated carbocycles. The lowest BCUT2D eigenvalue weighted by Gasteiger charge is -2.34. The molecule has 2 aliphatic rings. The Kier molecular flexibility index (Phi) is 27.4. The van der Waals surface area contributed by atoms with Crippen molar-refractivity contribution in [2.75, 3.05) is 19.3 Å². The lowest BCUT2D eigenvalue weighted by Crippen LogP contribution is -2.39. The fourth-order valence-electron chi connectivity index (χ4n) is 4.94. The standard InChI is InChI=1S/C12H25N.C10H14S.C10H20.C5H10.C2H6/c1-3-8-12(9-4-2)13-10-6-5-7-11-13;1-9-5-7-10(8-6-9)11(2,3)4;1-3-4-5-6-9(2)10-7-8-10;1-4-5(2)3;1-2/h12H,3-11H2,1-2H3;5-8H,2-3H2,1,4H3;9-10H,3-8H2,1-2H3;2,4H2,1,3H3;1-2H3. The largest absolute Gasteiger partial charge is 0.300 e. The van der Waals surface area contributed by atoms with E-state index in [1.54, 1.807) is 0 Å². The topological polar surface area (TPSA) is 3.24 Å². The third-order valence-electron chi connectivity index (χ3n) is 8.03. The minimum Gasteiger partial charge on any atom is -0.300 e. The summed E-state index contributed by atoms with van der Waals surface area (Å²) in [4.78, 5) is 4.00. The lowest BCUT2D eigenvalue weighted by atomic mass is 9.99. The molecule has 3 rings (SSSR count). The Morgan fingerprint density at radius 2 is 1.34 bits per heavy atom. The van der Waals surface area contributed by atoms with E-state index in [9.17, 15) is 0 Å². The van der Waals surface area contributed by atoms with Crippen LogP contribution in [0.5, 0.6) is 0 Å². The van der Waals surface area contributed by atoms with Gasteiger partial charge in [-0.05, 0) is 107 Å². The van der Waals surface area contributed by atoms with Crippen molar-refractivity contribution < 1.29 is 0 Å². The van der Waals surface area contributed by atoms with Gasteiger partial charge in [-0.25, -0.2) is 0 Å². The quantitative estimate of drug-likeness (QED) is 0.133. The van der Waals surface area contributed by atoms with E-state index in [1.807, 2.05) is 20.8 Å². The summed E-state index contributed by atoms with van der Waals surface area (Å²) in [5, 5.41) is 0. The highest BCUT2D eigenvalue weighted by Crippen LogP contribution is 2.38. The first kappa shape index (κ1) is 42.1. The highest BCUT2D eigenvalue weighted by Gasteiger charge is 2.26. The summed E-state index contributed by atoms with van der Waals surface area (Å²) in [5.74, 6) is 10.2. The molecule has 0 bridgehead atoms. The van der Waals surface area contributed by atoms with Gasteiger partial charge in [0, 0.05) is 6.04 Å². The summed E-state index contributed by atoms with van der Waals surface area (Å²) in [6.45, 7) is 25.9. The summed E-state index contributed by atoms with van der Waals surface area (Å²) < 4.78 is 0. The Hall–Kier alpha value is -0.990. The molecule has 0 N–H and O–H groups in total. The van der Waals surface area contributed by atoms with Gasteiger partial charge in [-0.2, -0.15) is 9.21 Å². The number of nitrogens with zero attached hydrogens (tertiary/aromatic N) is 1. The van der Waals surface area contributed by atoms with Crippen LogP contribution in [0.1, 0.15) is 151 Å². The number of benzene rings is 1. The van der Waals surface area contributed by atoms with Crippen molar-refractivity contribution in [3.63, 3.8) is 0 Å². The number of likely N-dealkylation sites (tertiary alicyclic amines) is 1. The van der Waals surface area contributed by atoms with Gasteiger partial charge in [-0.15, -0.1) is 6.58 Å². The van der Waals surface area contributed by atoms with Crippen LogP contribution in [0.4, 0.5) is 0 Å². The van der Waals surface area contributed by atoms with Crippen molar-refractivity contribution in [2.45, 2.75) is 163 Å². The molecule has 1 aliphatic heterocycles. The van der Waals surface area contributed by atoms with Gasteiger partial charge >= 0.3 is 0 Å². The minimum atomic E-state index is -1.02. The van der Waals surface area contributed by atoms with E-state index in [-0.39, 0.29) is 0 Å². The van der Waals surface area contributed by atoms with Crippen LogP contribution in [0, 0.1) is 18.8 Å². The fraction of sp³-hybridized carbons (Fsp3) is 0.744. The molecule has 0 amide bonds. The highest BCUT2D eigenvalue weighted by molar-refractivity contribution is 8.27. The molecule has 41 heavy (non-hydrogen) atoms. The van der Waals surface area contributed by atoms with Crippen LogP contribution in [-0.4, -0.2) is 42.0 Å². The maximum atomic E-state index is 4.04. The number of unbranched alkanes of at least 4 members (excludes halogenated alkanes) is 2. The lowest BCUT2D eigenvalue weighted by molar-refractivity contribution is 0.146. The average molecular weight is 590 g/mol. The minimum absolute atomic E-state index is 0.898. The molecule has 1 heterocycles. The molecule has 1 aromatic carbocycles. The van der Waals surface area contributed by atoms with Crippen LogP contribution in [-0.2, 0) is 0 Å². The van der Waals surface area contributed by atoms with Crippen LogP contribution >= 0.6 is 9.21 Å². The molecule has 0 aromatic heterocycles. The second kappa shape index (κ2) is 26.6. The summed E-state index contributed by atoms with van der Waals surface area (Å²) >= 11 is 0. The van der Waals surface area contributed by atoms with Gasteiger partial charge in [0.25, 0.3) is 0 Å². The number of hydrogen-bond acceptors (Lipinski definition) is 1. The zero-order valence-electron chi connectivity index (χ0n) is 29.8. The summed E-state index contributed by atoms with van der Waals surface area (Å²) in [7, 11) is -1.02. The van der Waals surface area contributed by atoms with E-state index in [4.69, 9.17) is 0 Å². The van der Waals surface area contributed by atoms with Crippen LogP contribution in [0.3, 0.4) is 0 Å². The van der Waals surface area contributed by atoms with Gasteiger partial charge in [0.15, 0.2) is 0 Å². The van der Waals surface area contributed by atoms with Gasteiger partial charge < -0.3 is 4.90 Å². The molecule has 0 spiro atoms. The first-order valence-corrected chi connectivity index (χ1v) is 19.8. The van der Waals surface area contributed by atoms with E-state index in [1.165, 1.54) is 113 Å². The van der Waals surface area contributed by atoms with Gasteiger partial charge in [-0.1, -0.05) is 128 Å². The number of piperidine rings is 1. The van der Waals surface area contributed by atoms with E-state index < -0.39 is 9.21 Å². The van der Waals surface area contributed by atoms with E-state index in [0.717, 1.165) is 24.3 Å². The van der Waals surface area contributed by atoms with Crippen LogP contribution in [0.2, 0.25) is 0 Å². The fourth-order valence-corrected chi connectivity index (χ4v) is 5.74. The molecule has 1 saturated heterocycles. The van der Waals surface area contributed by atoms with Crippen LogP contribution < -0.4 is 0 Å². The normalized spacial score (nSPS) is 15.5. The van der Waals surface area contributed by atoms with Crippen molar-refractivity contribution >= 4 is 20.9 Å². The number of allylic oxidation sites excluding steroid dienone is 1. The SMILES string of the molecule is C=C(C)CC.C=S(=C)(C)c1ccc(C)cc1.CC.CCCC(CCC)N1CCCCC1.CCCCCC(C)C1CC1. The smallest absolute Gasteiger partial charge is 0.00950 e. The van der Waals surface area contributed by atoms with Crippen molar-refractivity contribution in [1.82, 2.24) is 4.90 Å². The zero-order chi connectivity index (χ0) is 31.7. The molecule has 1 atom stereocenters. The average Bonchev–Trinajstić information content (AvgIpc) is 3.81. The number of rotatable bonds is 12. The highest BCUT2D eigenvalue weighted by atomic mass is 32.2. The Balaban J connectivity index is 0. The molecule has 2 heteroatoms. The number of hydrogen-bond donors (Lipinski definition) is 0. The summed E-state index contributed by atoms with van der Waals surface area (Å²) in [6.07, 6.45) is 21.9. The Labute approximate surface area is 261 Å². The molecule has 242 valence electrons. The molecule has 0 radical (unpaired) electrons. The molecular weight excluding hydrogens is 515 g/mol. The Morgan fingerprint density at radius 3 is 1.71 bits per heavy atom. The van der Waals surface area contributed by atoms with Crippen molar-refractivity contribution in [3.8, 4) is 0 Å². The van der Waals surface area contributed by atoms with E-state index >= 15 is 0 Å². The Bertz CT molecular complexity index is 804. The molecule has 1 aromatic rings. The van der Waals surface area contributed by atoms with Gasteiger partial charge in [0.2, 0.25) is 0 Å².